The molecule has 5 rings (SSSR count). The second-order valence-corrected chi connectivity index (χ2v) is 7.60. The topological polar surface area (TPSA) is 81.9 Å². The number of hydrogen-bond donors (Lipinski definition) is 1. The third-order valence-corrected chi connectivity index (χ3v) is 5.26. The SMILES string of the molecule is Cc1nn(C)c2nc(-c3ccccc3)cc(C(=O)Nc3cccc(Oc4ccncc4)c3)c12. The largest absolute Gasteiger partial charge is 0.457 e. The molecule has 0 atom stereocenters. The first-order valence-electron chi connectivity index (χ1n) is 10.5. The number of ether oxygens (including phenoxy) is 1. The fraction of sp³-hybridized carbons (Fsp3) is 0.0769. The van der Waals surface area contributed by atoms with Crippen LogP contribution in [-0.4, -0.2) is 25.7 Å². The van der Waals surface area contributed by atoms with Crippen LogP contribution in [0.4, 0.5) is 5.69 Å². The number of nitrogens with one attached hydrogen (secondary N) is 1. The first-order chi connectivity index (χ1) is 16.1. The molecule has 0 saturated carbocycles. The Hall–Kier alpha value is -4.52. The highest BCUT2D eigenvalue weighted by atomic mass is 16.5. The van der Waals surface area contributed by atoms with Crippen LogP contribution in [0.1, 0.15) is 16.1 Å². The Morgan fingerprint density at radius 1 is 0.939 bits per heavy atom. The van der Waals surface area contributed by atoms with Gasteiger partial charge in [-0.25, -0.2) is 4.98 Å². The van der Waals surface area contributed by atoms with Gasteiger partial charge in [-0.1, -0.05) is 36.4 Å². The number of aromatic nitrogens is 4. The van der Waals surface area contributed by atoms with Crippen molar-refractivity contribution < 1.29 is 9.53 Å². The van der Waals surface area contributed by atoms with Crippen molar-refractivity contribution in [3.63, 3.8) is 0 Å². The Morgan fingerprint density at radius 2 is 1.73 bits per heavy atom. The summed E-state index contributed by atoms with van der Waals surface area (Å²) in [7, 11) is 1.83. The molecule has 0 radical (unpaired) electrons. The number of carbonyl (C=O) groups excluding carboxylic acids is 1. The number of fused-ring (bicyclic) bond motifs is 1. The summed E-state index contributed by atoms with van der Waals surface area (Å²) in [6.45, 7) is 1.88. The zero-order valence-electron chi connectivity index (χ0n) is 18.2. The number of aryl methyl sites for hydroxylation is 2. The second kappa shape index (κ2) is 8.55. The van der Waals surface area contributed by atoms with E-state index in [0.717, 1.165) is 16.6 Å². The predicted molar refractivity (Wildman–Crippen MR) is 127 cm³/mol. The summed E-state index contributed by atoms with van der Waals surface area (Å²) in [6.07, 6.45) is 3.33. The standard InChI is InChI=1S/C26H21N5O2/c1-17-24-22(16-23(18-7-4-3-5-8-18)29-25(24)31(2)30-17)26(32)28-19-9-6-10-21(15-19)33-20-11-13-27-14-12-20/h3-16H,1-2H3,(H,28,32). The van der Waals surface area contributed by atoms with E-state index in [1.165, 1.54) is 0 Å². The molecule has 3 heterocycles. The number of amides is 1. The van der Waals surface area contributed by atoms with E-state index in [0.29, 0.717) is 34.1 Å². The van der Waals surface area contributed by atoms with Crippen molar-refractivity contribution in [1.82, 2.24) is 19.7 Å². The van der Waals surface area contributed by atoms with Crippen LogP contribution in [-0.2, 0) is 7.05 Å². The van der Waals surface area contributed by atoms with Gasteiger partial charge in [0, 0.05) is 36.8 Å². The van der Waals surface area contributed by atoms with Crippen molar-refractivity contribution in [2.24, 2.45) is 7.05 Å². The number of hydrogen-bond acceptors (Lipinski definition) is 5. The molecule has 5 aromatic rings. The summed E-state index contributed by atoms with van der Waals surface area (Å²) in [5.41, 5.74) is 4.20. The van der Waals surface area contributed by atoms with Gasteiger partial charge in [-0.3, -0.25) is 14.5 Å². The Balaban J connectivity index is 1.50. The normalized spacial score (nSPS) is 10.8. The Bertz CT molecular complexity index is 1450. The third-order valence-electron chi connectivity index (χ3n) is 5.26. The summed E-state index contributed by atoms with van der Waals surface area (Å²) < 4.78 is 7.57. The molecule has 3 aromatic heterocycles. The number of nitrogens with zero attached hydrogens (tertiary/aromatic N) is 4. The van der Waals surface area contributed by atoms with Gasteiger partial charge in [0.1, 0.15) is 11.5 Å². The van der Waals surface area contributed by atoms with E-state index in [1.54, 1.807) is 35.3 Å². The van der Waals surface area contributed by atoms with Crippen LogP contribution < -0.4 is 10.1 Å². The van der Waals surface area contributed by atoms with Crippen LogP contribution in [0, 0.1) is 6.92 Å². The van der Waals surface area contributed by atoms with Crippen LogP contribution >= 0.6 is 0 Å². The summed E-state index contributed by atoms with van der Waals surface area (Å²) in [6, 6.07) is 22.4. The van der Waals surface area contributed by atoms with E-state index in [1.807, 2.05) is 68.6 Å². The van der Waals surface area contributed by atoms with Crippen LogP contribution in [0.2, 0.25) is 0 Å². The van der Waals surface area contributed by atoms with E-state index >= 15 is 0 Å². The lowest BCUT2D eigenvalue weighted by molar-refractivity contribution is 0.102. The van der Waals surface area contributed by atoms with Gasteiger partial charge in [0.05, 0.1) is 22.3 Å². The van der Waals surface area contributed by atoms with Gasteiger partial charge >= 0.3 is 0 Å². The van der Waals surface area contributed by atoms with Gasteiger partial charge in [-0.2, -0.15) is 5.10 Å². The van der Waals surface area contributed by atoms with Crippen molar-refractivity contribution >= 4 is 22.6 Å². The number of carbonyl (C=O) groups is 1. The van der Waals surface area contributed by atoms with Gasteiger partial charge in [-0.05, 0) is 37.3 Å². The van der Waals surface area contributed by atoms with E-state index in [4.69, 9.17) is 9.72 Å². The van der Waals surface area contributed by atoms with Gasteiger partial charge in [0.15, 0.2) is 5.65 Å². The zero-order chi connectivity index (χ0) is 22.8. The second-order valence-electron chi connectivity index (χ2n) is 7.60. The molecule has 0 aliphatic carbocycles. The zero-order valence-corrected chi connectivity index (χ0v) is 18.2. The van der Waals surface area contributed by atoms with Crippen molar-refractivity contribution in [3.05, 3.63) is 96.4 Å². The molecule has 2 aromatic carbocycles. The highest BCUT2D eigenvalue weighted by Gasteiger charge is 2.19. The minimum atomic E-state index is -0.239. The van der Waals surface area contributed by atoms with E-state index < -0.39 is 0 Å². The molecule has 0 aliphatic heterocycles. The highest BCUT2D eigenvalue weighted by Crippen LogP contribution is 2.28. The highest BCUT2D eigenvalue weighted by molar-refractivity contribution is 6.13. The lowest BCUT2D eigenvalue weighted by Gasteiger charge is -2.11. The molecule has 162 valence electrons. The van der Waals surface area contributed by atoms with Crippen molar-refractivity contribution in [1.29, 1.82) is 0 Å². The maximum absolute atomic E-state index is 13.4. The Kier molecular flexibility index (Phi) is 5.28. The molecule has 0 unspecified atom stereocenters. The van der Waals surface area contributed by atoms with Gasteiger partial charge in [-0.15, -0.1) is 0 Å². The molecular formula is C26H21N5O2. The molecule has 0 saturated heterocycles. The first-order valence-corrected chi connectivity index (χ1v) is 10.5. The average Bonchev–Trinajstić information content (AvgIpc) is 3.13. The fourth-order valence-corrected chi connectivity index (χ4v) is 3.76. The quantitative estimate of drug-likeness (QED) is 0.401. The Morgan fingerprint density at radius 3 is 2.52 bits per heavy atom. The molecule has 7 nitrogen and oxygen atoms in total. The molecular weight excluding hydrogens is 414 g/mol. The smallest absolute Gasteiger partial charge is 0.256 e. The molecule has 33 heavy (non-hydrogen) atoms. The summed E-state index contributed by atoms with van der Waals surface area (Å²) in [4.78, 5) is 22.2. The minimum absolute atomic E-state index is 0.239. The van der Waals surface area contributed by atoms with Crippen molar-refractivity contribution in [2.75, 3.05) is 5.32 Å². The van der Waals surface area contributed by atoms with Crippen LogP contribution in [0.3, 0.4) is 0 Å². The summed E-state index contributed by atoms with van der Waals surface area (Å²) in [5, 5.41) is 8.22. The van der Waals surface area contributed by atoms with E-state index in [-0.39, 0.29) is 5.91 Å². The van der Waals surface area contributed by atoms with Crippen LogP contribution in [0.15, 0.2) is 85.2 Å². The Labute approximate surface area is 190 Å². The van der Waals surface area contributed by atoms with Crippen LogP contribution in [0.25, 0.3) is 22.3 Å². The molecule has 0 bridgehead atoms. The number of pyridine rings is 2. The lowest BCUT2D eigenvalue weighted by atomic mass is 10.0. The predicted octanol–water partition coefficient (Wildman–Crippen LogP) is 5.38. The monoisotopic (exact) mass is 435 g/mol. The maximum atomic E-state index is 13.4. The van der Waals surface area contributed by atoms with Gasteiger partial charge < -0.3 is 10.1 Å². The number of anilines is 1. The fourth-order valence-electron chi connectivity index (χ4n) is 3.76. The summed E-state index contributed by atoms with van der Waals surface area (Å²) in [5.74, 6) is 1.04. The van der Waals surface area contributed by atoms with Crippen LogP contribution in [0.5, 0.6) is 11.5 Å². The van der Waals surface area contributed by atoms with Crippen molar-refractivity contribution in [3.8, 4) is 22.8 Å². The van der Waals surface area contributed by atoms with E-state index in [2.05, 4.69) is 15.4 Å². The number of benzene rings is 2. The minimum Gasteiger partial charge on any atom is -0.457 e. The van der Waals surface area contributed by atoms with E-state index in [9.17, 15) is 4.79 Å². The first kappa shape index (κ1) is 20.4. The molecule has 0 aliphatic rings. The molecule has 1 amide bonds. The molecule has 0 spiro atoms. The maximum Gasteiger partial charge on any atom is 0.256 e. The molecule has 1 N–H and O–H groups in total. The average molecular weight is 435 g/mol. The molecule has 0 fully saturated rings. The lowest BCUT2D eigenvalue weighted by Crippen LogP contribution is -2.13. The van der Waals surface area contributed by atoms with Gasteiger partial charge in [0.2, 0.25) is 0 Å². The molecule has 7 heteroatoms. The number of rotatable bonds is 5. The third kappa shape index (κ3) is 4.16. The summed E-state index contributed by atoms with van der Waals surface area (Å²) >= 11 is 0. The van der Waals surface area contributed by atoms with Crippen molar-refractivity contribution in [2.45, 2.75) is 6.92 Å². The van der Waals surface area contributed by atoms with Gasteiger partial charge in [0.25, 0.3) is 5.91 Å².